The number of aliphatic hydroxyl groups excluding tert-OH is 1. The highest BCUT2D eigenvalue weighted by molar-refractivity contribution is 5.90. The van der Waals surface area contributed by atoms with E-state index in [2.05, 4.69) is 34.5 Å². The molecular weight excluding hydrogens is 556 g/mol. The average molecular weight is 603 g/mol. The van der Waals surface area contributed by atoms with E-state index in [9.17, 15) is 14.7 Å². The summed E-state index contributed by atoms with van der Waals surface area (Å²) in [5, 5.41) is 15.3. The van der Waals surface area contributed by atoms with Crippen LogP contribution in [0.3, 0.4) is 0 Å². The van der Waals surface area contributed by atoms with Crippen LogP contribution in [0.5, 0.6) is 0 Å². The number of hydrogen-bond donors (Lipinski definition) is 3. The van der Waals surface area contributed by atoms with Gasteiger partial charge in [-0.15, -0.1) is 0 Å². The summed E-state index contributed by atoms with van der Waals surface area (Å²) in [6.45, 7) is 5.89. The molecule has 3 aromatic rings. The first-order chi connectivity index (χ1) is 21.3. The van der Waals surface area contributed by atoms with Gasteiger partial charge in [0, 0.05) is 68.5 Å². The summed E-state index contributed by atoms with van der Waals surface area (Å²) < 4.78 is 13.2. The number of aromatic nitrogens is 1. The Morgan fingerprint density at radius 3 is 2.39 bits per heavy atom. The van der Waals surface area contributed by atoms with Crippen molar-refractivity contribution >= 4 is 17.5 Å². The number of nitrogens with zero attached hydrogens (tertiary/aromatic N) is 2. The zero-order valence-electron chi connectivity index (χ0n) is 26.1. The van der Waals surface area contributed by atoms with Gasteiger partial charge in [-0.2, -0.15) is 0 Å². The summed E-state index contributed by atoms with van der Waals surface area (Å²) in [4.78, 5) is 30.1. The van der Waals surface area contributed by atoms with Gasteiger partial charge in [0.2, 0.25) is 11.8 Å². The topological polar surface area (TPSA) is 113 Å². The molecule has 9 heteroatoms. The number of carbonyl (C=O) groups excluding carboxylic acids is 2. The predicted octanol–water partition coefficient (Wildman–Crippen LogP) is 5.17. The Labute approximate surface area is 261 Å². The summed E-state index contributed by atoms with van der Waals surface area (Å²) in [6.07, 6.45) is 4.76. The van der Waals surface area contributed by atoms with Crippen LogP contribution in [0.2, 0.25) is 0 Å². The zero-order chi connectivity index (χ0) is 31.3. The molecule has 9 nitrogen and oxygen atoms in total. The number of amides is 2. The van der Waals surface area contributed by atoms with Crippen LogP contribution < -0.4 is 10.6 Å². The van der Waals surface area contributed by atoms with E-state index in [0.717, 1.165) is 66.8 Å². The van der Waals surface area contributed by atoms with Crippen molar-refractivity contribution < 1.29 is 24.2 Å². The van der Waals surface area contributed by atoms with Crippen molar-refractivity contribution in [3.63, 3.8) is 0 Å². The van der Waals surface area contributed by atoms with Crippen LogP contribution in [0.25, 0.3) is 0 Å². The summed E-state index contributed by atoms with van der Waals surface area (Å²) in [5.41, 5.74) is 4.58. The number of nitrogens with one attached hydrogen (secondary N) is 2. The third-order valence-corrected chi connectivity index (χ3v) is 8.01. The molecule has 0 bridgehead atoms. The molecular formula is C35H46N4O5. The maximum Gasteiger partial charge on any atom is 0.224 e. The van der Waals surface area contributed by atoms with E-state index in [1.807, 2.05) is 72.9 Å². The highest BCUT2D eigenvalue weighted by Gasteiger charge is 2.38. The van der Waals surface area contributed by atoms with Crippen LogP contribution in [0, 0.1) is 5.92 Å². The maximum absolute atomic E-state index is 12.5. The lowest BCUT2D eigenvalue weighted by atomic mass is 9.90. The third kappa shape index (κ3) is 10.2. The van der Waals surface area contributed by atoms with E-state index in [1.54, 1.807) is 0 Å². The van der Waals surface area contributed by atoms with Gasteiger partial charge in [0.15, 0.2) is 6.29 Å². The summed E-state index contributed by atoms with van der Waals surface area (Å²) in [5.74, 6) is 0.0215. The highest BCUT2D eigenvalue weighted by atomic mass is 16.7. The van der Waals surface area contributed by atoms with Crippen LogP contribution in [0.4, 0.5) is 5.69 Å². The SMILES string of the molecule is CC(=O)NCCCCCC(=O)Nc1ccc([C@@H]2O[C@H](CN(C)CCc3ccccn3)[C@H](C)[C@H](c3ccc(CO)cc3)O2)cc1. The van der Waals surface area contributed by atoms with Crippen LogP contribution in [0.15, 0.2) is 72.9 Å². The fourth-order valence-corrected chi connectivity index (χ4v) is 5.38. The second-order valence-corrected chi connectivity index (χ2v) is 11.6. The Morgan fingerprint density at radius 2 is 1.70 bits per heavy atom. The Balaban J connectivity index is 1.38. The largest absolute Gasteiger partial charge is 0.392 e. The van der Waals surface area contributed by atoms with E-state index in [4.69, 9.17) is 9.47 Å². The van der Waals surface area contributed by atoms with Gasteiger partial charge in [0.25, 0.3) is 0 Å². The molecule has 1 saturated heterocycles. The summed E-state index contributed by atoms with van der Waals surface area (Å²) in [7, 11) is 2.11. The minimum absolute atomic E-state index is 0.00171. The van der Waals surface area contributed by atoms with Crippen LogP contribution >= 0.6 is 0 Å². The summed E-state index contributed by atoms with van der Waals surface area (Å²) >= 11 is 0. The van der Waals surface area contributed by atoms with Crippen LogP contribution in [-0.2, 0) is 32.1 Å². The van der Waals surface area contributed by atoms with E-state index in [1.165, 1.54) is 6.92 Å². The lowest BCUT2D eigenvalue weighted by Gasteiger charge is -2.42. The Kier molecular flexibility index (Phi) is 12.9. The molecule has 236 valence electrons. The molecule has 2 heterocycles. The fraction of sp³-hybridized carbons (Fsp3) is 0.457. The fourth-order valence-electron chi connectivity index (χ4n) is 5.38. The second-order valence-electron chi connectivity index (χ2n) is 11.6. The number of hydrogen-bond acceptors (Lipinski definition) is 7. The molecule has 44 heavy (non-hydrogen) atoms. The molecule has 0 radical (unpaired) electrons. The molecule has 0 saturated carbocycles. The van der Waals surface area contributed by atoms with E-state index < -0.39 is 6.29 Å². The Morgan fingerprint density at radius 1 is 0.955 bits per heavy atom. The number of aliphatic hydroxyl groups is 1. The number of ether oxygens (including phenoxy) is 2. The van der Waals surface area contributed by atoms with Gasteiger partial charge in [-0.05, 0) is 55.3 Å². The monoisotopic (exact) mass is 602 g/mol. The van der Waals surface area contributed by atoms with Gasteiger partial charge in [-0.1, -0.05) is 55.8 Å². The predicted molar refractivity (Wildman–Crippen MR) is 171 cm³/mol. The highest BCUT2D eigenvalue weighted by Crippen LogP contribution is 2.42. The number of carbonyl (C=O) groups is 2. The van der Waals surface area contributed by atoms with Crippen molar-refractivity contribution in [3.05, 3.63) is 95.3 Å². The minimum atomic E-state index is -0.573. The molecule has 1 aliphatic heterocycles. The Hall–Kier alpha value is -3.63. The lowest BCUT2D eigenvalue weighted by Crippen LogP contribution is -2.43. The number of pyridine rings is 1. The van der Waals surface area contributed by atoms with Crippen LogP contribution in [0.1, 0.15) is 74.3 Å². The third-order valence-electron chi connectivity index (χ3n) is 8.01. The first kappa shape index (κ1) is 33.3. The van der Waals surface area contributed by atoms with Crippen molar-refractivity contribution in [1.82, 2.24) is 15.2 Å². The smallest absolute Gasteiger partial charge is 0.224 e. The molecule has 1 aromatic heterocycles. The molecule has 3 N–H and O–H groups in total. The minimum Gasteiger partial charge on any atom is -0.392 e. The van der Waals surface area contributed by atoms with Crippen molar-refractivity contribution in [3.8, 4) is 0 Å². The first-order valence-electron chi connectivity index (χ1n) is 15.6. The van der Waals surface area contributed by atoms with E-state index in [0.29, 0.717) is 13.0 Å². The number of anilines is 1. The van der Waals surface area contributed by atoms with Crippen molar-refractivity contribution in [2.45, 2.75) is 71.1 Å². The lowest BCUT2D eigenvalue weighted by molar-refractivity contribution is -0.275. The normalized spacial score (nSPS) is 19.9. The van der Waals surface area contributed by atoms with Crippen molar-refractivity contribution in [1.29, 1.82) is 0 Å². The molecule has 4 rings (SSSR count). The van der Waals surface area contributed by atoms with Crippen molar-refractivity contribution in [2.24, 2.45) is 5.92 Å². The van der Waals surface area contributed by atoms with Gasteiger partial charge in [-0.25, -0.2) is 0 Å². The number of likely N-dealkylation sites (N-methyl/N-ethyl adjacent to an activating group) is 1. The van der Waals surface area contributed by atoms with Crippen molar-refractivity contribution in [2.75, 3.05) is 32.0 Å². The van der Waals surface area contributed by atoms with Gasteiger partial charge in [-0.3, -0.25) is 14.6 Å². The van der Waals surface area contributed by atoms with Crippen LogP contribution in [-0.4, -0.2) is 59.6 Å². The van der Waals surface area contributed by atoms with E-state index in [-0.39, 0.29) is 36.5 Å². The molecule has 1 fully saturated rings. The molecule has 0 unspecified atom stereocenters. The zero-order valence-corrected chi connectivity index (χ0v) is 26.1. The summed E-state index contributed by atoms with van der Waals surface area (Å²) in [6, 6.07) is 21.6. The van der Waals surface area contributed by atoms with Gasteiger partial charge in [0.05, 0.1) is 18.8 Å². The van der Waals surface area contributed by atoms with E-state index >= 15 is 0 Å². The number of benzene rings is 2. The molecule has 2 amide bonds. The van der Waals surface area contributed by atoms with Gasteiger partial charge in [0.1, 0.15) is 0 Å². The average Bonchev–Trinajstić information content (AvgIpc) is 3.03. The number of unbranched alkanes of at least 4 members (excludes halogenated alkanes) is 2. The first-order valence-corrected chi connectivity index (χ1v) is 15.6. The molecule has 1 aliphatic rings. The quantitative estimate of drug-likeness (QED) is 0.206. The van der Waals surface area contributed by atoms with Gasteiger partial charge >= 0.3 is 0 Å². The maximum atomic E-state index is 12.5. The second kappa shape index (κ2) is 17.0. The molecule has 2 aromatic carbocycles. The standard InChI is InChI=1S/C35H46N4O5/c1-25-32(23-39(3)22-19-30-9-6-8-21-37-30)43-35(44-34(25)28-13-11-27(24-40)12-14-28)29-15-17-31(18-16-29)38-33(42)10-5-4-7-20-36-26(2)41/h6,8-9,11-18,21,25,32,34-35,40H,4-5,7,10,19-20,22-24H2,1-3H3,(H,36,41)(H,38,42)/t25-,32+,34+,35+/m0/s1. The molecule has 4 atom stereocenters. The number of rotatable bonds is 15. The molecule has 0 aliphatic carbocycles. The Bertz CT molecular complexity index is 1300. The molecule has 0 spiro atoms. The van der Waals surface area contributed by atoms with Gasteiger partial charge < -0.3 is 30.1 Å².